The van der Waals surface area contributed by atoms with Crippen molar-refractivity contribution in [3.8, 4) is 11.5 Å². The van der Waals surface area contributed by atoms with Crippen LogP contribution in [0, 0.1) is 0 Å². The number of hydrogen-bond donors (Lipinski definition) is 2. The number of methoxy groups -OCH3 is 1. The average molecular weight is 516 g/mol. The third-order valence-corrected chi connectivity index (χ3v) is 4.71. The Kier molecular flexibility index (Phi) is 12.1. The van der Waals surface area contributed by atoms with Crippen LogP contribution in [0.1, 0.15) is 39.2 Å². The van der Waals surface area contributed by atoms with Gasteiger partial charge in [-0.3, -0.25) is 4.90 Å². The van der Waals surface area contributed by atoms with Crippen molar-refractivity contribution in [1.29, 1.82) is 0 Å². The zero-order valence-electron chi connectivity index (χ0n) is 18.3. The number of aliphatic imine (C=N–C) groups is 1. The fraction of sp³-hybridized carbons (Fsp3) is 0.591. The predicted octanol–water partition coefficient (Wildman–Crippen LogP) is 3.81. The van der Waals surface area contributed by atoms with E-state index in [-0.39, 0.29) is 24.0 Å². The van der Waals surface area contributed by atoms with Crippen molar-refractivity contribution in [3.05, 3.63) is 35.9 Å². The highest BCUT2D eigenvalue weighted by Gasteiger charge is 2.19. The van der Waals surface area contributed by atoms with Crippen molar-refractivity contribution >= 4 is 29.9 Å². The molecule has 2 N–H and O–H groups in total. The number of halogens is 1. The van der Waals surface area contributed by atoms with E-state index < -0.39 is 0 Å². The summed E-state index contributed by atoms with van der Waals surface area (Å²) in [6, 6.07) is 6.43. The minimum Gasteiger partial charge on any atom is -0.493 e. The first-order valence-corrected chi connectivity index (χ1v) is 10.3. The number of likely N-dealkylation sites (tertiary alicyclic amines) is 1. The number of guanidine groups is 1. The third kappa shape index (κ3) is 8.82. The second-order valence-corrected chi connectivity index (χ2v) is 7.27. The van der Waals surface area contributed by atoms with Gasteiger partial charge in [0, 0.05) is 32.2 Å². The molecule has 1 aliphatic heterocycles. The van der Waals surface area contributed by atoms with Crippen molar-refractivity contribution in [2.45, 2.75) is 46.2 Å². The van der Waals surface area contributed by atoms with Crippen molar-refractivity contribution in [3.63, 3.8) is 0 Å². The Bertz CT molecular complexity index is 658. The standard InChI is InChI=1S/C22H36N4O2.HI/c1-6-23-22(25-19-10-12-26(13-11-19)16-17(3)4)24-15-18-8-9-20(27-5)21(14-18)28-7-2;/h8-9,14,19H,3,6-7,10-13,15-16H2,1-2,4-5H3,(H2,23,24,25);1H. The minimum absolute atomic E-state index is 0. The van der Waals surface area contributed by atoms with Gasteiger partial charge in [0.25, 0.3) is 0 Å². The van der Waals surface area contributed by atoms with Crippen molar-refractivity contribution in [2.24, 2.45) is 4.99 Å². The van der Waals surface area contributed by atoms with Gasteiger partial charge < -0.3 is 20.1 Å². The number of hydrogen-bond acceptors (Lipinski definition) is 4. The first-order chi connectivity index (χ1) is 13.5. The smallest absolute Gasteiger partial charge is 0.191 e. The van der Waals surface area contributed by atoms with Gasteiger partial charge in [0.2, 0.25) is 0 Å². The lowest BCUT2D eigenvalue weighted by Crippen LogP contribution is -2.48. The maximum atomic E-state index is 5.67. The van der Waals surface area contributed by atoms with Crippen LogP contribution in [0.2, 0.25) is 0 Å². The van der Waals surface area contributed by atoms with E-state index in [1.54, 1.807) is 7.11 Å². The minimum atomic E-state index is 0. The van der Waals surface area contributed by atoms with Gasteiger partial charge >= 0.3 is 0 Å². The van der Waals surface area contributed by atoms with E-state index in [4.69, 9.17) is 14.5 Å². The van der Waals surface area contributed by atoms with Gasteiger partial charge in [0.15, 0.2) is 17.5 Å². The van der Waals surface area contributed by atoms with Crippen LogP contribution in [-0.2, 0) is 6.54 Å². The second-order valence-electron chi connectivity index (χ2n) is 7.27. The monoisotopic (exact) mass is 516 g/mol. The second kappa shape index (κ2) is 13.7. The van der Waals surface area contributed by atoms with Gasteiger partial charge in [-0.1, -0.05) is 18.2 Å². The predicted molar refractivity (Wildman–Crippen MR) is 132 cm³/mol. The van der Waals surface area contributed by atoms with Crippen molar-refractivity contribution in [2.75, 3.05) is 39.9 Å². The Morgan fingerprint density at radius 1 is 1.24 bits per heavy atom. The van der Waals surface area contributed by atoms with E-state index in [0.29, 0.717) is 19.2 Å². The lowest BCUT2D eigenvalue weighted by atomic mass is 10.0. The molecule has 29 heavy (non-hydrogen) atoms. The maximum Gasteiger partial charge on any atom is 0.191 e. The van der Waals surface area contributed by atoms with Crippen molar-refractivity contribution < 1.29 is 9.47 Å². The van der Waals surface area contributed by atoms with E-state index >= 15 is 0 Å². The highest BCUT2D eigenvalue weighted by molar-refractivity contribution is 14.0. The highest BCUT2D eigenvalue weighted by atomic mass is 127. The van der Waals surface area contributed by atoms with Crippen LogP contribution in [0.15, 0.2) is 35.3 Å². The normalized spacial score (nSPS) is 15.4. The Morgan fingerprint density at radius 2 is 1.97 bits per heavy atom. The lowest BCUT2D eigenvalue weighted by molar-refractivity contribution is 0.221. The van der Waals surface area contributed by atoms with Crippen LogP contribution in [-0.4, -0.2) is 56.8 Å². The Morgan fingerprint density at radius 3 is 2.55 bits per heavy atom. The molecule has 1 aliphatic rings. The molecule has 1 aromatic rings. The molecule has 7 heteroatoms. The largest absolute Gasteiger partial charge is 0.493 e. The first kappa shape index (κ1) is 25.6. The summed E-state index contributed by atoms with van der Waals surface area (Å²) in [5.74, 6) is 2.39. The van der Waals surface area contributed by atoms with Gasteiger partial charge in [0.1, 0.15) is 0 Å². The van der Waals surface area contributed by atoms with Gasteiger partial charge in [-0.2, -0.15) is 0 Å². The fourth-order valence-electron chi connectivity index (χ4n) is 3.39. The quantitative estimate of drug-likeness (QED) is 0.226. The van der Waals surface area contributed by atoms with Crippen LogP contribution < -0.4 is 20.1 Å². The SMILES string of the molecule is C=C(C)CN1CCC(NC(=NCc2ccc(OC)c(OCC)c2)NCC)CC1.I. The van der Waals surface area contributed by atoms with E-state index in [9.17, 15) is 0 Å². The maximum absolute atomic E-state index is 5.67. The molecule has 0 spiro atoms. The van der Waals surface area contributed by atoms with Crippen LogP contribution in [0.25, 0.3) is 0 Å². The van der Waals surface area contributed by atoms with E-state index in [1.807, 2.05) is 25.1 Å². The average Bonchev–Trinajstić information content (AvgIpc) is 2.68. The number of nitrogens with zero attached hydrogens (tertiary/aromatic N) is 2. The number of rotatable bonds is 9. The molecule has 2 rings (SSSR count). The lowest BCUT2D eigenvalue weighted by Gasteiger charge is -2.33. The Balaban J connectivity index is 0.00000420. The molecule has 1 aromatic carbocycles. The summed E-state index contributed by atoms with van der Waals surface area (Å²) in [6.45, 7) is 15.4. The van der Waals surface area contributed by atoms with Crippen molar-refractivity contribution in [1.82, 2.24) is 15.5 Å². The molecule has 0 saturated carbocycles. The third-order valence-electron chi connectivity index (χ3n) is 4.71. The van der Waals surface area contributed by atoms with E-state index in [1.165, 1.54) is 5.57 Å². The molecule has 0 aliphatic carbocycles. The van der Waals surface area contributed by atoms with Crippen LogP contribution in [0.4, 0.5) is 0 Å². The first-order valence-electron chi connectivity index (χ1n) is 10.3. The molecule has 0 unspecified atom stereocenters. The van der Waals surface area contributed by atoms with Gasteiger partial charge in [-0.15, -0.1) is 24.0 Å². The molecule has 164 valence electrons. The van der Waals surface area contributed by atoms with Gasteiger partial charge in [-0.05, 0) is 51.3 Å². The van der Waals surface area contributed by atoms with E-state index in [0.717, 1.165) is 62.0 Å². The molecular weight excluding hydrogens is 479 g/mol. The molecule has 6 nitrogen and oxygen atoms in total. The zero-order chi connectivity index (χ0) is 20.4. The van der Waals surface area contributed by atoms with Crippen LogP contribution in [0.3, 0.4) is 0 Å². The number of ether oxygens (including phenoxy) is 2. The molecular formula is C22H37IN4O2. The molecule has 1 fully saturated rings. The highest BCUT2D eigenvalue weighted by Crippen LogP contribution is 2.28. The number of nitrogens with one attached hydrogen (secondary N) is 2. The molecule has 1 saturated heterocycles. The summed E-state index contributed by atoms with van der Waals surface area (Å²) in [5.41, 5.74) is 2.32. The van der Waals surface area contributed by atoms with Gasteiger partial charge in [-0.25, -0.2) is 4.99 Å². The number of piperidine rings is 1. The summed E-state index contributed by atoms with van der Waals surface area (Å²) in [5, 5.41) is 6.96. The molecule has 0 radical (unpaired) electrons. The fourth-order valence-corrected chi connectivity index (χ4v) is 3.39. The van der Waals surface area contributed by atoms with Gasteiger partial charge in [0.05, 0.1) is 20.3 Å². The Hall–Kier alpha value is -1.48. The molecule has 0 aromatic heterocycles. The Labute approximate surface area is 193 Å². The number of benzene rings is 1. The molecule has 0 bridgehead atoms. The summed E-state index contributed by atoms with van der Waals surface area (Å²) < 4.78 is 11.0. The summed E-state index contributed by atoms with van der Waals surface area (Å²) in [4.78, 5) is 7.24. The van der Waals surface area contributed by atoms with Crippen LogP contribution in [0.5, 0.6) is 11.5 Å². The van der Waals surface area contributed by atoms with E-state index in [2.05, 4.69) is 36.0 Å². The van der Waals surface area contributed by atoms with Crippen LogP contribution >= 0.6 is 24.0 Å². The zero-order valence-corrected chi connectivity index (χ0v) is 20.6. The molecule has 0 amide bonds. The summed E-state index contributed by atoms with van der Waals surface area (Å²) in [7, 11) is 1.66. The summed E-state index contributed by atoms with van der Waals surface area (Å²) >= 11 is 0. The molecule has 1 heterocycles. The molecule has 0 atom stereocenters. The topological polar surface area (TPSA) is 58.1 Å². The summed E-state index contributed by atoms with van der Waals surface area (Å²) in [6.07, 6.45) is 2.24.